The van der Waals surface area contributed by atoms with E-state index >= 15 is 0 Å². The molecule has 0 aliphatic carbocycles. The van der Waals surface area contributed by atoms with E-state index in [4.69, 9.17) is 0 Å². The number of anilines is 1. The number of hydrogen-bond donors (Lipinski definition) is 0. The molecule has 0 saturated carbocycles. The van der Waals surface area contributed by atoms with Crippen molar-refractivity contribution >= 4 is 13.6 Å². The highest BCUT2D eigenvalue weighted by atomic mass is 31.1. The van der Waals surface area contributed by atoms with Crippen LogP contribution in [0.15, 0.2) is 12.3 Å². The third-order valence-corrected chi connectivity index (χ3v) is 3.91. The van der Waals surface area contributed by atoms with Crippen LogP contribution in [0.1, 0.15) is 6.92 Å². The van der Waals surface area contributed by atoms with Crippen LogP contribution in [0.5, 0.6) is 0 Å². The molecule has 0 N–H and O–H groups in total. The smallest absolute Gasteiger partial charge is 0.342 e. The summed E-state index contributed by atoms with van der Waals surface area (Å²) in [6, 6.07) is 2.03. The van der Waals surface area contributed by atoms with Gasteiger partial charge in [0.05, 0.1) is 13.1 Å². The lowest BCUT2D eigenvalue weighted by Crippen LogP contribution is -2.32. The summed E-state index contributed by atoms with van der Waals surface area (Å²) in [7, 11) is -0.932. The third-order valence-electron chi connectivity index (χ3n) is 2.51. The van der Waals surface area contributed by atoms with Gasteiger partial charge >= 0.3 is 7.80 Å². The van der Waals surface area contributed by atoms with Crippen molar-refractivity contribution in [3.63, 3.8) is 0 Å². The first-order valence-electron chi connectivity index (χ1n) is 5.00. The van der Waals surface area contributed by atoms with Crippen LogP contribution < -0.4 is 4.90 Å². The molecule has 0 unspecified atom stereocenters. The minimum absolute atomic E-state index is 0.814. The van der Waals surface area contributed by atoms with Crippen LogP contribution in [-0.2, 0) is 11.1 Å². The van der Waals surface area contributed by atoms with Crippen molar-refractivity contribution in [2.45, 2.75) is 13.5 Å². The van der Waals surface area contributed by atoms with Gasteiger partial charge in [0.1, 0.15) is 0 Å². The molecule has 4 nitrogen and oxygen atoms in total. The molecule has 2 heterocycles. The minimum atomic E-state index is -0.932. The van der Waals surface area contributed by atoms with Crippen LogP contribution in [0.3, 0.4) is 0 Å². The van der Waals surface area contributed by atoms with Crippen molar-refractivity contribution in [1.29, 1.82) is 0 Å². The third kappa shape index (κ3) is 1.95. The summed E-state index contributed by atoms with van der Waals surface area (Å²) in [5, 5.41) is 4.43. The van der Waals surface area contributed by atoms with Crippen molar-refractivity contribution in [2.24, 2.45) is 0 Å². The van der Waals surface area contributed by atoms with E-state index in [-0.39, 0.29) is 0 Å². The topological polar surface area (TPSA) is 38.1 Å². The average molecular weight is 212 g/mol. The Bertz CT molecular complexity index is 327. The lowest BCUT2D eigenvalue weighted by Gasteiger charge is -2.21. The fraction of sp³-hybridized carbons (Fsp3) is 0.667. The molecule has 0 atom stereocenters. The monoisotopic (exact) mass is 212 g/mol. The molecule has 0 radical (unpaired) electrons. The zero-order valence-corrected chi connectivity index (χ0v) is 9.28. The zero-order chi connectivity index (χ0) is 9.97. The average Bonchev–Trinajstić information content (AvgIpc) is 2.67. The molecule has 5 heteroatoms. The molecule has 76 valence electrons. The summed E-state index contributed by atoms with van der Waals surface area (Å²) in [5.74, 6) is 1.02. The Kier molecular flexibility index (Phi) is 2.82. The minimum Gasteiger partial charge on any atom is -0.347 e. The standard InChI is InChI=1S/C9H15N3OP/c1-2-12-4-3-9(10-12)11-5-7-14(13)8-6-11/h3-4H,2,5-8H2,1H3/q+1. The number of hydrogen-bond acceptors (Lipinski definition) is 3. The Morgan fingerprint density at radius 1 is 1.50 bits per heavy atom. The van der Waals surface area contributed by atoms with Crippen molar-refractivity contribution < 1.29 is 4.57 Å². The summed E-state index contributed by atoms with van der Waals surface area (Å²) < 4.78 is 13.1. The molecule has 0 amide bonds. The lowest BCUT2D eigenvalue weighted by atomic mass is 10.4. The fourth-order valence-corrected chi connectivity index (χ4v) is 2.77. The van der Waals surface area contributed by atoms with Crippen molar-refractivity contribution in [3.05, 3.63) is 12.3 Å². The second-order valence-corrected chi connectivity index (χ2v) is 5.30. The van der Waals surface area contributed by atoms with Gasteiger partial charge in [-0.3, -0.25) is 4.68 Å². The molecule has 1 saturated heterocycles. The van der Waals surface area contributed by atoms with Crippen molar-refractivity contribution in [2.75, 3.05) is 30.3 Å². The highest BCUT2D eigenvalue weighted by molar-refractivity contribution is 7.44. The summed E-state index contributed by atoms with van der Waals surface area (Å²) in [5.41, 5.74) is 0. The van der Waals surface area contributed by atoms with Crippen LogP contribution in [-0.4, -0.2) is 35.2 Å². The second-order valence-electron chi connectivity index (χ2n) is 3.45. The highest BCUT2D eigenvalue weighted by Gasteiger charge is 2.25. The molecule has 1 aliphatic heterocycles. The molecule has 1 aliphatic rings. The first-order valence-corrected chi connectivity index (χ1v) is 6.63. The summed E-state index contributed by atoms with van der Waals surface area (Å²) in [6.07, 6.45) is 3.62. The molecule has 14 heavy (non-hydrogen) atoms. The maximum Gasteiger partial charge on any atom is 0.342 e. The molecule has 1 fully saturated rings. The summed E-state index contributed by atoms with van der Waals surface area (Å²) >= 11 is 0. The summed E-state index contributed by atoms with van der Waals surface area (Å²) in [4.78, 5) is 2.21. The van der Waals surface area contributed by atoms with E-state index in [9.17, 15) is 4.57 Å². The fourth-order valence-electron chi connectivity index (χ4n) is 1.61. The van der Waals surface area contributed by atoms with E-state index in [0.29, 0.717) is 0 Å². The van der Waals surface area contributed by atoms with E-state index in [1.54, 1.807) is 0 Å². The van der Waals surface area contributed by atoms with Crippen LogP contribution >= 0.6 is 7.80 Å². The van der Waals surface area contributed by atoms with Gasteiger partial charge in [-0.15, -0.1) is 0 Å². The van der Waals surface area contributed by atoms with Gasteiger partial charge in [0.25, 0.3) is 0 Å². The number of aromatic nitrogens is 2. The van der Waals surface area contributed by atoms with Crippen LogP contribution in [0, 0.1) is 0 Å². The van der Waals surface area contributed by atoms with E-state index in [2.05, 4.69) is 16.9 Å². The van der Waals surface area contributed by atoms with Gasteiger partial charge in [-0.05, 0) is 6.92 Å². The normalized spacial score (nSPS) is 17.5. The SMILES string of the molecule is CCn1ccc(N2CC[P+](=O)CC2)n1. The quantitative estimate of drug-likeness (QED) is 0.698. The Balaban J connectivity index is 2.04. The van der Waals surface area contributed by atoms with Gasteiger partial charge in [-0.25, -0.2) is 0 Å². The summed E-state index contributed by atoms with van der Waals surface area (Å²) in [6.45, 7) is 4.75. The zero-order valence-electron chi connectivity index (χ0n) is 8.39. The Hall–Kier alpha value is -0.890. The van der Waals surface area contributed by atoms with Crippen LogP contribution in [0.4, 0.5) is 5.82 Å². The highest BCUT2D eigenvalue weighted by Crippen LogP contribution is 2.26. The van der Waals surface area contributed by atoms with E-state index in [0.717, 1.165) is 37.8 Å². The number of aryl methyl sites for hydroxylation is 1. The lowest BCUT2D eigenvalue weighted by molar-refractivity contribution is 0.581. The predicted octanol–water partition coefficient (Wildman–Crippen LogP) is 1.55. The van der Waals surface area contributed by atoms with E-state index < -0.39 is 7.80 Å². The second kappa shape index (κ2) is 4.09. The number of rotatable bonds is 2. The van der Waals surface area contributed by atoms with E-state index in [1.807, 2.05) is 16.9 Å². The Morgan fingerprint density at radius 2 is 2.21 bits per heavy atom. The van der Waals surface area contributed by atoms with Gasteiger partial charge in [0, 0.05) is 18.8 Å². The largest absolute Gasteiger partial charge is 0.347 e. The van der Waals surface area contributed by atoms with Gasteiger partial charge in [0.15, 0.2) is 18.1 Å². The van der Waals surface area contributed by atoms with Gasteiger partial charge < -0.3 is 4.90 Å². The molecule has 0 aromatic carbocycles. The predicted molar refractivity (Wildman–Crippen MR) is 57.5 cm³/mol. The Morgan fingerprint density at radius 3 is 2.79 bits per heavy atom. The molecule has 1 aromatic heterocycles. The van der Waals surface area contributed by atoms with Crippen LogP contribution in [0.2, 0.25) is 0 Å². The first-order chi connectivity index (χ1) is 6.79. The van der Waals surface area contributed by atoms with Crippen molar-refractivity contribution in [3.8, 4) is 0 Å². The maximum absolute atomic E-state index is 11.2. The molecule has 0 bridgehead atoms. The maximum atomic E-state index is 11.2. The molecular weight excluding hydrogens is 197 g/mol. The first kappa shape index (κ1) is 9.66. The van der Waals surface area contributed by atoms with Gasteiger partial charge in [-0.2, -0.15) is 5.10 Å². The Labute approximate surface area is 84.7 Å². The van der Waals surface area contributed by atoms with Gasteiger partial charge in [0.2, 0.25) is 0 Å². The van der Waals surface area contributed by atoms with E-state index in [1.165, 1.54) is 0 Å². The van der Waals surface area contributed by atoms with Gasteiger partial charge in [-0.1, -0.05) is 4.57 Å². The molecule has 2 rings (SSSR count). The molecular formula is C9H15N3OP+. The molecule has 0 spiro atoms. The molecule has 1 aromatic rings. The van der Waals surface area contributed by atoms with Crippen LogP contribution in [0.25, 0.3) is 0 Å². The van der Waals surface area contributed by atoms with Crippen molar-refractivity contribution in [1.82, 2.24) is 9.78 Å². The number of nitrogens with zero attached hydrogens (tertiary/aromatic N) is 3.